The molecular formula is C8H19LiMg. The van der Waals surface area contributed by atoms with Crippen LogP contribution in [0.4, 0.5) is 0 Å². The second-order valence-corrected chi connectivity index (χ2v) is 4.89. The molecule has 0 heterocycles. The summed E-state index contributed by atoms with van der Waals surface area (Å²) in [6, 6.07) is 0. The Morgan fingerprint density at radius 3 is 1.60 bits per heavy atom. The van der Waals surface area contributed by atoms with E-state index in [0.717, 1.165) is 0 Å². The summed E-state index contributed by atoms with van der Waals surface area (Å²) in [5, 5.41) is 0. The first kappa shape index (κ1) is 13.9. The fourth-order valence-corrected chi connectivity index (χ4v) is 3.09. The van der Waals surface area contributed by atoms with E-state index in [0.29, 0.717) is 20.4 Å². The minimum atomic E-state index is 0. The van der Waals surface area contributed by atoms with E-state index in [4.69, 9.17) is 0 Å². The van der Waals surface area contributed by atoms with E-state index < -0.39 is 0 Å². The molecule has 2 heteroatoms. The van der Waals surface area contributed by atoms with Gasteiger partial charge in [0.05, 0.1) is 0 Å². The van der Waals surface area contributed by atoms with Crippen LogP contribution in [0, 0.1) is 0 Å². The zero-order valence-electron chi connectivity index (χ0n) is 6.95. The molecule has 0 atom stereocenters. The van der Waals surface area contributed by atoms with Gasteiger partial charge >= 0.3 is 39.2 Å². The van der Waals surface area contributed by atoms with E-state index in [9.17, 15) is 0 Å². The van der Waals surface area contributed by atoms with Crippen LogP contribution in [-0.4, -0.2) is 39.2 Å². The summed E-state index contributed by atoms with van der Waals surface area (Å²) in [6.45, 7) is 4.57. The molecule has 0 saturated carbocycles. The standard InChI is InChI=1S/2C4H9.Li.Mg.H/c2*1-3-4-2;;;/h2*1,3-4H2,2H3;;;. The molecule has 0 aliphatic carbocycles. The van der Waals surface area contributed by atoms with Gasteiger partial charge in [-0.1, -0.05) is 39.5 Å². The van der Waals surface area contributed by atoms with Crippen molar-refractivity contribution in [2.75, 3.05) is 0 Å². The summed E-state index contributed by atoms with van der Waals surface area (Å²) in [7, 11) is 0. The van der Waals surface area contributed by atoms with Crippen LogP contribution < -0.4 is 0 Å². The zero-order valence-corrected chi connectivity index (χ0v) is 8.36. The molecule has 0 aromatic heterocycles. The van der Waals surface area contributed by atoms with E-state index in [2.05, 4.69) is 13.8 Å². The van der Waals surface area contributed by atoms with Gasteiger partial charge in [0.15, 0.2) is 0 Å². The van der Waals surface area contributed by atoms with Crippen LogP contribution >= 0.6 is 0 Å². The zero-order chi connectivity index (χ0) is 6.95. The van der Waals surface area contributed by atoms with E-state index in [1.165, 1.54) is 25.7 Å². The van der Waals surface area contributed by atoms with Gasteiger partial charge in [0.25, 0.3) is 0 Å². The number of hydrogen-bond acceptors (Lipinski definition) is 0. The van der Waals surface area contributed by atoms with Gasteiger partial charge < -0.3 is 0 Å². The average Bonchev–Trinajstić information content (AvgIpc) is 1.89. The molecule has 0 aromatic carbocycles. The van der Waals surface area contributed by atoms with Crippen LogP contribution in [0.2, 0.25) is 9.10 Å². The van der Waals surface area contributed by atoms with Crippen LogP contribution in [-0.2, 0) is 0 Å². The summed E-state index contributed by atoms with van der Waals surface area (Å²) >= 11 is 0.389. The molecule has 0 aliphatic heterocycles. The Hall–Kier alpha value is 1.36. The SMILES string of the molecule is CCC[CH2][Mg][CH2]CCC.[LiH]. The van der Waals surface area contributed by atoms with Gasteiger partial charge in [0.1, 0.15) is 0 Å². The average molecular weight is 146 g/mol. The number of hydrogen-bond donors (Lipinski definition) is 0. The van der Waals surface area contributed by atoms with Gasteiger partial charge in [-0.25, -0.2) is 0 Å². The van der Waals surface area contributed by atoms with Crippen molar-refractivity contribution in [2.24, 2.45) is 0 Å². The fourth-order valence-electron chi connectivity index (χ4n) is 1.03. The Labute approximate surface area is 87.4 Å². The molecule has 0 N–H and O–H groups in total. The summed E-state index contributed by atoms with van der Waals surface area (Å²) in [5.41, 5.74) is 0. The molecule has 0 amide bonds. The van der Waals surface area contributed by atoms with Gasteiger partial charge in [-0.15, -0.1) is 9.10 Å². The Morgan fingerprint density at radius 2 is 1.30 bits per heavy atom. The molecule has 0 fully saturated rings. The second-order valence-electron chi connectivity index (χ2n) is 2.77. The van der Waals surface area contributed by atoms with Crippen LogP contribution in [0.25, 0.3) is 0 Å². The molecular weight excluding hydrogens is 127 g/mol. The number of rotatable bonds is 6. The molecule has 0 aliphatic rings. The first-order valence-electron chi connectivity index (χ1n) is 4.41. The molecule has 0 radical (unpaired) electrons. The fraction of sp³-hybridized carbons (Fsp3) is 1.00. The van der Waals surface area contributed by atoms with Crippen LogP contribution in [0.5, 0.6) is 0 Å². The third kappa shape index (κ3) is 12.1. The third-order valence-corrected chi connectivity index (χ3v) is 3.71. The third-order valence-electron chi connectivity index (χ3n) is 1.71. The van der Waals surface area contributed by atoms with Crippen molar-refractivity contribution in [1.29, 1.82) is 0 Å². The van der Waals surface area contributed by atoms with E-state index in [1.54, 1.807) is 9.10 Å². The summed E-state index contributed by atoms with van der Waals surface area (Å²) in [4.78, 5) is 0. The molecule has 10 heavy (non-hydrogen) atoms. The first-order valence-corrected chi connectivity index (χ1v) is 6.41. The maximum absolute atomic E-state index is 2.29. The summed E-state index contributed by atoms with van der Waals surface area (Å²) in [6.07, 6.45) is 5.80. The normalized spacial score (nSPS) is 8.20. The monoisotopic (exact) mass is 146 g/mol. The molecule has 0 nitrogen and oxygen atoms in total. The van der Waals surface area contributed by atoms with Gasteiger partial charge in [-0.05, 0) is 0 Å². The molecule has 54 valence electrons. The Morgan fingerprint density at radius 1 is 0.900 bits per heavy atom. The van der Waals surface area contributed by atoms with Gasteiger partial charge in [-0.3, -0.25) is 0 Å². The van der Waals surface area contributed by atoms with Crippen molar-refractivity contribution in [3.8, 4) is 0 Å². The van der Waals surface area contributed by atoms with Gasteiger partial charge in [-0.2, -0.15) is 0 Å². The number of unbranched alkanes of at least 4 members (excludes halogenated alkanes) is 2. The first-order chi connectivity index (χ1) is 4.41. The van der Waals surface area contributed by atoms with Crippen molar-refractivity contribution in [2.45, 2.75) is 48.6 Å². The van der Waals surface area contributed by atoms with Crippen molar-refractivity contribution >= 4 is 39.2 Å². The van der Waals surface area contributed by atoms with Crippen LogP contribution in [0.3, 0.4) is 0 Å². The van der Waals surface area contributed by atoms with Crippen molar-refractivity contribution in [3.05, 3.63) is 0 Å². The van der Waals surface area contributed by atoms with Gasteiger partial charge in [0.2, 0.25) is 0 Å². The quantitative estimate of drug-likeness (QED) is 0.399. The molecule has 0 aromatic rings. The summed E-state index contributed by atoms with van der Waals surface area (Å²) < 4.78 is 3.19. The van der Waals surface area contributed by atoms with Gasteiger partial charge in [0, 0.05) is 0 Å². The van der Waals surface area contributed by atoms with Crippen molar-refractivity contribution in [3.63, 3.8) is 0 Å². The van der Waals surface area contributed by atoms with Crippen LogP contribution in [0.1, 0.15) is 39.5 Å². The second kappa shape index (κ2) is 13.0. The molecule has 0 rings (SSSR count). The Balaban J connectivity index is 0. The molecule has 0 saturated heterocycles. The predicted octanol–water partition coefficient (Wildman–Crippen LogP) is 2.48. The van der Waals surface area contributed by atoms with Crippen LogP contribution in [0.15, 0.2) is 0 Å². The topological polar surface area (TPSA) is 0 Å². The Bertz CT molecular complexity index is 42.5. The molecule has 0 spiro atoms. The van der Waals surface area contributed by atoms with Crippen molar-refractivity contribution in [1.82, 2.24) is 0 Å². The van der Waals surface area contributed by atoms with E-state index in [-0.39, 0.29) is 18.9 Å². The minimum absolute atomic E-state index is 0. The molecule has 0 unspecified atom stereocenters. The van der Waals surface area contributed by atoms with E-state index >= 15 is 0 Å². The maximum atomic E-state index is 2.29. The van der Waals surface area contributed by atoms with E-state index in [1.807, 2.05) is 0 Å². The molecule has 0 bridgehead atoms. The van der Waals surface area contributed by atoms with Crippen molar-refractivity contribution < 1.29 is 0 Å². The Kier molecular flexibility index (Phi) is 18.1. The summed E-state index contributed by atoms with van der Waals surface area (Å²) in [5.74, 6) is 0. The predicted molar refractivity (Wildman–Crippen MR) is 52.3 cm³/mol.